The Hall–Kier alpha value is -2.00. The van der Waals surface area contributed by atoms with Gasteiger partial charge in [-0.1, -0.05) is 22.9 Å². The molecule has 0 spiro atoms. The lowest BCUT2D eigenvalue weighted by atomic mass is 10.1. The molecule has 2 aromatic carbocycles. The van der Waals surface area contributed by atoms with Gasteiger partial charge in [0.1, 0.15) is 6.04 Å². The van der Waals surface area contributed by atoms with Gasteiger partial charge in [0.05, 0.1) is 15.1 Å². The van der Waals surface area contributed by atoms with E-state index in [-0.39, 0.29) is 10.8 Å². The van der Waals surface area contributed by atoms with Crippen LogP contribution in [0.5, 0.6) is 0 Å². The zero-order valence-electron chi connectivity index (χ0n) is 16.0. The summed E-state index contributed by atoms with van der Waals surface area (Å²) in [6.45, 7) is 4.36. The molecule has 1 N–H and O–H groups in total. The first-order valence-corrected chi connectivity index (χ1v) is 11.9. The topological polar surface area (TPSA) is 79.4 Å². The van der Waals surface area contributed by atoms with E-state index in [4.69, 9.17) is 11.6 Å². The van der Waals surface area contributed by atoms with E-state index in [9.17, 15) is 13.2 Å². The van der Waals surface area contributed by atoms with Crippen molar-refractivity contribution < 1.29 is 13.2 Å². The van der Waals surface area contributed by atoms with Gasteiger partial charge in [0.2, 0.25) is 15.9 Å². The van der Waals surface area contributed by atoms with E-state index >= 15 is 0 Å². The number of hydrogen-bond donors (Lipinski definition) is 1. The van der Waals surface area contributed by atoms with Crippen LogP contribution in [0.25, 0.3) is 10.2 Å². The summed E-state index contributed by atoms with van der Waals surface area (Å²) in [6.07, 6.45) is 1.10. The Kier molecular flexibility index (Phi) is 5.37. The molecule has 1 amide bonds. The maximum Gasteiger partial charge on any atom is 0.244 e. The van der Waals surface area contributed by atoms with Crippen molar-refractivity contribution in [2.45, 2.75) is 37.6 Å². The minimum absolute atomic E-state index is 0.132. The summed E-state index contributed by atoms with van der Waals surface area (Å²) in [5, 5.41) is 3.75. The molecule has 152 valence electrons. The summed E-state index contributed by atoms with van der Waals surface area (Å²) < 4.78 is 28.3. The Morgan fingerprint density at radius 2 is 1.90 bits per heavy atom. The number of anilines is 1. The molecule has 0 aliphatic carbocycles. The lowest BCUT2D eigenvalue weighted by Crippen LogP contribution is -2.43. The number of aryl methyl sites for hydroxylation is 2. The van der Waals surface area contributed by atoms with Gasteiger partial charge in [0.25, 0.3) is 0 Å². The second-order valence-corrected chi connectivity index (χ2v) is 10.5. The molecule has 2 heterocycles. The Balaban J connectivity index is 1.57. The average Bonchev–Trinajstić information content (AvgIpc) is 3.30. The smallest absolute Gasteiger partial charge is 0.244 e. The molecule has 1 aromatic heterocycles. The molecule has 9 heteroatoms. The Morgan fingerprint density at radius 3 is 2.62 bits per heavy atom. The highest BCUT2D eigenvalue weighted by atomic mass is 35.5. The van der Waals surface area contributed by atoms with Crippen LogP contribution < -0.4 is 5.32 Å². The highest BCUT2D eigenvalue weighted by molar-refractivity contribution is 7.89. The lowest BCUT2D eigenvalue weighted by molar-refractivity contribution is -0.119. The van der Waals surface area contributed by atoms with Gasteiger partial charge in [0.15, 0.2) is 5.13 Å². The minimum atomic E-state index is -3.78. The number of nitrogens with one attached hydrogen (secondary N) is 1. The zero-order chi connectivity index (χ0) is 20.8. The minimum Gasteiger partial charge on any atom is -0.301 e. The number of benzene rings is 2. The molecular weight excluding hydrogens is 430 g/mol. The number of carbonyl (C=O) groups is 1. The summed E-state index contributed by atoms with van der Waals surface area (Å²) in [4.78, 5) is 17.5. The van der Waals surface area contributed by atoms with E-state index in [0.29, 0.717) is 29.5 Å². The third kappa shape index (κ3) is 3.90. The van der Waals surface area contributed by atoms with E-state index in [2.05, 4.69) is 10.3 Å². The van der Waals surface area contributed by atoms with Gasteiger partial charge in [-0.05, 0) is 74.2 Å². The first kappa shape index (κ1) is 20.3. The van der Waals surface area contributed by atoms with Crippen LogP contribution in [0.3, 0.4) is 0 Å². The Morgan fingerprint density at radius 1 is 1.21 bits per heavy atom. The van der Waals surface area contributed by atoms with Crippen LogP contribution in [0.15, 0.2) is 41.3 Å². The van der Waals surface area contributed by atoms with Gasteiger partial charge < -0.3 is 5.32 Å². The molecule has 29 heavy (non-hydrogen) atoms. The number of thiazole rings is 1. The SMILES string of the molecule is Cc1cc2nc(NC(=O)C3CCCN3S(=O)(=O)c3ccc(Cl)cc3)sc2cc1C. The fraction of sp³-hybridized carbons (Fsp3) is 0.300. The zero-order valence-corrected chi connectivity index (χ0v) is 18.4. The Bertz CT molecular complexity index is 1150. The van der Waals surface area contributed by atoms with Crippen molar-refractivity contribution in [3.63, 3.8) is 0 Å². The average molecular weight is 450 g/mol. The van der Waals surface area contributed by atoms with E-state index in [1.807, 2.05) is 26.0 Å². The number of fused-ring (bicyclic) bond motifs is 1. The molecule has 0 radical (unpaired) electrons. The molecule has 1 fully saturated rings. The number of hydrogen-bond acceptors (Lipinski definition) is 5. The van der Waals surface area contributed by atoms with Crippen molar-refractivity contribution >= 4 is 54.2 Å². The van der Waals surface area contributed by atoms with Crippen LogP contribution >= 0.6 is 22.9 Å². The van der Waals surface area contributed by atoms with Gasteiger partial charge >= 0.3 is 0 Å². The van der Waals surface area contributed by atoms with Gasteiger partial charge in [-0.3, -0.25) is 4.79 Å². The summed E-state index contributed by atoms with van der Waals surface area (Å²) in [6, 6.07) is 9.27. The monoisotopic (exact) mass is 449 g/mol. The fourth-order valence-electron chi connectivity index (χ4n) is 3.45. The number of carbonyl (C=O) groups excluding carboxylic acids is 1. The van der Waals surface area contributed by atoms with E-state index in [1.54, 1.807) is 0 Å². The number of sulfonamides is 1. The van der Waals surface area contributed by atoms with Gasteiger partial charge in [-0.25, -0.2) is 13.4 Å². The van der Waals surface area contributed by atoms with E-state index in [0.717, 1.165) is 21.3 Å². The predicted octanol–water partition coefficient (Wildman–Crippen LogP) is 4.36. The van der Waals surface area contributed by atoms with Gasteiger partial charge in [-0.15, -0.1) is 0 Å². The van der Waals surface area contributed by atoms with Gasteiger partial charge in [-0.2, -0.15) is 4.31 Å². The maximum absolute atomic E-state index is 13.0. The quantitative estimate of drug-likeness (QED) is 0.641. The van der Waals surface area contributed by atoms with Crippen LogP contribution in [0, 0.1) is 13.8 Å². The van der Waals surface area contributed by atoms with Crippen molar-refractivity contribution in [1.82, 2.24) is 9.29 Å². The van der Waals surface area contributed by atoms with Crippen LogP contribution in [-0.2, 0) is 14.8 Å². The molecule has 4 rings (SSSR count). The van der Waals surface area contributed by atoms with Crippen molar-refractivity contribution in [1.29, 1.82) is 0 Å². The summed E-state index contributed by atoms with van der Waals surface area (Å²) in [7, 11) is -3.78. The standard InChI is InChI=1S/C20H20ClN3O3S2/c1-12-10-16-18(11-13(12)2)28-20(22-16)23-19(25)17-4-3-9-24(17)29(26,27)15-7-5-14(21)6-8-15/h5-8,10-11,17H,3-4,9H2,1-2H3,(H,22,23,25). The molecule has 6 nitrogen and oxygen atoms in total. The molecule has 1 atom stereocenters. The predicted molar refractivity (Wildman–Crippen MR) is 116 cm³/mol. The third-order valence-corrected chi connectivity index (χ3v) is 8.27. The summed E-state index contributed by atoms with van der Waals surface area (Å²) in [5.74, 6) is -0.354. The molecular formula is C20H20ClN3O3S2. The number of nitrogens with zero attached hydrogens (tertiary/aromatic N) is 2. The molecule has 0 saturated carbocycles. The number of aromatic nitrogens is 1. The lowest BCUT2D eigenvalue weighted by Gasteiger charge is -2.23. The number of amides is 1. The number of halogens is 1. The fourth-order valence-corrected chi connectivity index (χ4v) is 6.19. The first-order chi connectivity index (χ1) is 13.8. The summed E-state index contributed by atoms with van der Waals surface area (Å²) >= 11 is 7.25. The maximum atomic E-state index is 13.0. The second-order valence-electron chi connectivity index (χ2n) is 7.14. The second kappa shape index (κ2) is 7.68. The molecule has 1 aliphatic heterocycles. The van der Waals surface area contributed by atoms with E-state index in [1.165, 1.54) is 39.9 Å². The Labute approximate surface area is 178 Å². The number of rotatable bonds is 4. The molecule has 1 unspecified atom stereocenters. The molecule has 3 aromatic rings. The van der Waals surface area contributed by atoms with E-state index < -0.39 is 16.1 Å². The third-order valence-electron chi connectivity index (χ3n) is 5.16. The highest BCUT2D eigenvalue weighted by Gasteiger charge is 2.39. The van der Waals surface area contributed by atoms with Crippen LogP contribution in [0.2, 0.25) is 5.02 Å². The molecule has 0 bridgehead atoms. The van der Waals surface area contributed by atoms with Crippen molar-refractivity contribution in [2.75, 3.05) is 11.9 Å². The normalized spacial score (nSPS) is 17.7. The van der Waals surface area contributed by atoms with Crippen LogP contribution in [-0.4, -0.2) is 36.2 Å². The van der Waals surface area contributed by atoms with Crippen molar-refractivity contribution in [3.8, 4) is 0 Å². The largest absolute Gasteiger partial charge is 0.301 e. The first-order valence-electron chi connectivity index (χ1n) is 9.22. The van der Waals surface area contributed by atoms with Crippen LogP contribution in [0.4, 0.5) is 5.13 Å². The summed E-state index contributed by atoms with van der Waals surface area (Å²) in [5.41, 5.74) is 3.12. The van der Waals surface area contributed by atoms with Crippen LogP contribution in [0.1, 0.15) is 24.0 Å². The molecule has 1 aliphatic rings. The van der Waals surface area contributed by atoms with Crippen molar-refractivity contribution in [2.24, 2.45) is 0 Å². The van der Waals surface area contributed by atoms with Gasteiger partial charge in [0, 0.05) is 11.6 Å². The molecule has 1 saturated heterocycles. The van der Waals surface area contributed by atoms with Crippen molar-refractivity contribution in [3.05, 3.63) is 52.5 Å². The highest BCUT2D eigenvalue weighted by Crippen LogP contribution is 2.31.